The van der Waals surface area contributed by atoms with Crippen LogP contribution < -0.4 is 32.1 Å². The molecule has 2 fully saturated rings. The fourth-order valence-corrected chi connectivity index (χ4v) is 6.97. The largest absolute Gasteiger partial charge is 0.481 e. The van der Waals surface area contributed by atoms with E-state index in [1.54, 1.807) is 20.8 Å². The molecule has 2 aliphatic carbocycles. The number of H-pyrrole nitrogens is 1. The molecule has 5 amide bonds. The van der Waals surface area contributed by atoms with Gasteiger partial charge in [0.2, 0.25) is 29.5 Å². The molecule has 1 heterocycles. The van der Waals surface area contributed by atoms with Crippen LogP contribution in [0.5, 0.6) is 0 Å². The van der Waals surface area contributed by atoms with Crippen molar-refractivity contribution in [1.29, 1.82) is 0 Å². The Morgan fingerprint density at radius 1 is 0.738 bits per heavy atom. The molecule has 2 aliphatic rings. The van der Waals surface area contributed by atoms with Gasteiger partial charge in [-0.25, -0.2) is 0 Å². The SMILES string of the molecule is CCC(C)[C@H](NC(=O)[C@H](CC(C)C)NC(=O)[C@@H](CCC(=O)O)NC(=O)[C@H](CC(=O)O)NOC(=O)CCC(=O)O)C(=O)N[C@@H](CC1CCCCC1)C(=O)NC1(c2nn[nH]n2)CC1. The van der Waals surface area contributed by atoms with Crippen LogP contribution in [0.25, 0.3) is 0 Å². The van der Waals surface area contributed by atoms with Gasteiger partial charge < -0.3 is 46.7 Å². The second-order valence-electron chi connectivity index (χ2n) is 16.3. The van der Waals surface area contributed by atoms with Gasteiger partial charge in [0, 0.05) is 6.42 Å². The number of rotatable bonds is 27. The minimum atomic E-state index is -1.80. The van der Waals surface area contributed by atoms with Gasteiger partial charge in [-0.15, -0.1) is 15.7 Å². The van der Waals surface area contributed by atoms with Gasteiger partial charge in [0.05, 0.1) is 19.3 Å². The molecule has 0 aliphatic heterocycles. The minimum Gasteiger partial charge on any atom is -0.481 e. The molecule has 0 aromatic carbocycles. The molecule has 61 heavy (non-hydrogen) atoms. The predicted molar refractivity (Wildman–Crippen MR) is 210 cm³/mol. The van der Waals surface area contributed by atoms with Crippen LogP contribution in [0.15, 0.2) is 0 Å². The second-order valence-corrected chi connectivity index (χ2v) is 16.3. The molecule has 23 heteroatoms. The Morgan fingerprint density at radius 3 is 1.90 bits per heavy atom. The molecule has 23 nitrogen and oxygen atoms in total. The third-order valence-electron chi connectivity index (χ3n) is 10.8. The van der Waals surface area contributed by atoms with Crippen LogP contribution in [-0.4, -0.2) is 120 Å². The number of carboxylic acids is 3. The van der Waals surface area contributed by atoms with E-state index >= 15 is 0 Å². The highest BCUT2D eigenvalue weighted by atomic mass is 16.7. The number of aliphatic carboxylic acids is 3. The topological polar surface area (TPSA) is 350 Å². The number of hydroxylamine groups is 1. The summed E-state index contributed by atoms with van der Waals surface area (Å²) >= 11 is 0. The molecule has 3 rings (SSSR count). The van der Waals surface area contributed by atoms with Gasteiger partial charge in [0.15, 0.2) is 5.82 Å². The van der Waals surface area contributed by atoms with Gasteiger partial charge in [-0.2, -0.15) is 5.21 Å². The van der Waals surface area contributed by atoms with Crippen molar-refractivity contribution in [2.24, 2.45) is 17.8 Å². The van der Waals surface area contributed by atoms with E-state index < -0.39 is 127 Å². The number of amides is 5. The highest BCUT2D eigenvalue weighted by molar-refractivity contribution is 5.96. The zero-order valence-electron chi connectivity index (χ0n) is 35.0. The number of carbonyl (C=O) groups excluding carboxylic acids is 6. The van der Waals surface area contributed by atoms with Gasteiger partial charge in [-0.05, 0) is 49.9 Å². The third-order valence-corrected chi connectivity index (χ3v) is 10.8. The smallest absolute Gasteiger partial charge is 0.325 e. The Morgan fingerprint density at radius 2 is 1.34 bits per heavy atom. The average molecular weight is 865 g/mol. The fraction of sp³-hybridized carbons (Fsp3) is 0.737. The van der Waals surface area contributed by atoms with E-state index in [1.807, 2.05) is 12.4 Å². The highest BCUT2D eigenvalue weighted by Crippen LogP contribution is 2.43. The Kier molecular flexibility index (Phi) is 19.4. The van der Waals surface area contributed by atoms with Crippen LogP contribution in [0.1, 0.15) is 130 Å². The van der Waals surface area contributed by atoms with Gasteiger partial charge in [-0.3, -0.25) is 43.2 Å². The van der Waals surface area contributed by atoms with E-state index in [4.69, 9.17) is 5.11 Å². The Hall–Kier alpha value is -5.74. The van der Waals surface area contributed by atoms with Crippen molar-refractivity contribution in [3.8, 4) is 0 Å². The first-order chi connectivity index (χ1) is 28.8. The second kappa shape index (κ2) is 23.9. The average Bonchev–Trinajstić information content (AvgIpc) is 3.75. The number of carboxylic acid groups (broad SMARTS) is 3. The molecule has 0 radical (unpaired) electrons. The lowest BCUT2D eigenvalue weighted by molar-refractivity contribution is -0.159. The predicted octanol–water partition coefficient (Wildman–Crippen LogP) is -0.0725. The quantitative estimate of drug-likeness (QED) is 0.0517. The number of tetrazole rings is 1. The summed E-state index contributed by atoms with van der Waals surface area (Å²) in [6.07, 6.45) is 3.56. The van der Waals surface area contributed by atoms with Crippen molar-refractivity contribution in [2.45, 2.75) is 160 Å². The van der Waals surface area contributed by atoms with Crippen molar-refractivity contribution < 1.29 is 63.3 Å². The summed E-state index contributed by atoms with van der Waals surface area (Å²) in [7, 11) is 0. The van der Waals surface area contributed by atoms with Gasteiger partial charge in [0.1, 0.15) is 35.7 Å². The summed E-state index contributed by atoms with van der Waals surface area (Å²) in [6.45, 7) is 7.10. The van der Waals surface area contributed by atoms with Crippen molar-refractivity contribution in [3.05, 3.63) is 5.82 Å². The van der Waals surface area contributed by atoms with E-state index in [9.17, 15) is 53.4 Å². The first-order valence-electron chi connectivity index (χ1n) is 20.7. The lowest BCUT2D eigenvalue weighted by Crippen LogP contribution is -2.60. The van der Waals surface area contributed by atoms with Crippen molar-refractivity contribution in [2.75, 3.05) is 0 Å². The Bertz CT molecular complexity index is 1700. The molecule has 0 bridgehead atoms. The van der Waals surface area contributed by atoms with Gasteiger partial charge in [-0.1, -0.05) is 71.4 Å². The normalized spacial score (nSPS) is 17.6. The van der Waals surface area contributed by atoms with Crippen LogP contribution in [0, 0.1) is 17.8 Å². The lowest BCUT2D eigenvalue weighted by Gasteiger charge is -2.31. The van der Waals surface area contributed by atoms with Crippen molar-refractivity contribution in [1.82, 2.24) is 52.7 Å². The summed E-state index contributed by atoms with van der Waals surface area (Å²) in [6, 6.07) is -6.87. The molecule has 6 atom stereocenters. The molecule has 2 saturated carbocycles. The number of aromatic nitrogens is 4. The van der Waals surface area contributed by atoms with Crippen molar-refractivity contribution >= 4 is 53.4 Å². The van der Waals surface area contributed by atoms with Crippen LogP contribution in [0.3, 0.4) is 0 Å². The number of hydrogen-bond acceptors (Lipinski definition) is 14. The van der Waals surface area contributed by atoms with Crippen LogP contribution in [0.2, 0.25) is 0 Å². The molecule has 1 aromatic heterocycles. The summed E-state index contributed by atoms with van der Waals surface area (Å²) in [5, 5.41) is 55.1. The van der Waals surface area contributed by atoms with E-state index in [2.05, 4.69) is 52.0 Å². The summed E-state index contributed by atoms with van der Waals surface area (Å²) in [5.74, 6) is -9.45. The third kappa shape index (κ3) is 16.7. The number of aromatic amines is 1. The summed E-state index contributed by atoms with van der Waals surface area (Å²) in [4.78, 5) is 120. The fourth-order valence-electron chi connectivity index (χ4n) is 6.97. The Labute approximate surface area is 352 Å². The maximum atomic E-state index is 14.2. The minimum absolute atomic E-state index is 0.0341. The molecule has 0 spiro atoms. The molecule has 10 N–H and O–H groups in total. The van der Waals surface area contributed by atoms with E-state index in [1.165, 1.54) is 0 Å². The summed E-state index contributed by atoms with van der Waals surface area (Å²) < 4.78 is 0. The molecular weight excluding hydrogens is 804 g/mol. The maximum absolute atomic E-state index is 14.2. The van der Waals surface area contributed by atoms with Crippen LogP contribution >= 0.6 is 0 Å². The van der Waals surface area contributed by atoms with Gasteiger partial charge in [0.25, 0.3) is 0 Å². The first kappa shape index (κ1) is 49.6. The molecule has 1 aromatic rings. The number of carbonyl (C=O) groups is 9. The molecular formula is C38H60N10O13. The zero-order chi connectivity index (χ0) is 45.3. The number of nitrogens with one attached hydrogen (secondary N) is 7. The highest BCUT2D eigenvalue weighted by Gasteiger charge is 2.50. The summed E-state index contributed by atoms with van der Waals surface area (Å²) in [5.41, 5.74) is 1.15. The van der Waals surface area contributed by atoms with E-state index in [0.717, 1.165) is 32.1 Å². The lowest BCUT2D eigenvalue weighted by atomic mass is 9.84. The van der Waals surface area contributed by atoms with E-state index in [-0.39, 0.29) is 18.3 Å². The standard InChI is InChI=1S/C38H60N10O13/c1-5-21(4)31(36(60)41-25(18-22-9-7-6-8-10-22)35(59)43-38(15-16-38)37-44-47-48-45-37)42-33(57)24(17-20(2)3)40-32(56)23(11-12-27(49)50)39-34(58)26(19-29(53)54)46-61-30(55)14-13-28(51)52/h20-26,31,46H,5-19H2,1-4H3,(H,39,58)(H,40,56)(H,41,60)(H,42,57)(H,43,59)(H,49,50)(H,51,52)(H,53,54)(H,44,45,47,48)/t21?,23-,24+,25+,26+,31+/m1/s1. The van der Waals surface area contributed by atoms with Gasteiger partial charge >= 0.3 is 23.9 Å². The maximum Gasteiger partial charge on any atom is 0.325 e. The number of nitrogens with zero attached hydrogens (tertiary/aromatic N) is 3. The van der Waals surface area contributed by atoms with Crippen molar-refractivity contribution in [3.63, 3.8) is 0 Å². The van der Waals surface area contributed by atoms with E-state index in [0.29, 0.717) is 31.5 Å². The molecule has 340 valence electrons. The zero-order valence-corrected chi connectivity index (χ0v) is 35.0. The number of hydrogen-bond donors (Lipinski definition) is 10. The monoisotopic (exact) mass is 864 g/mol. The first-order valence-corrected chi connectivity index (χ1v) is 20.7. The van der Waals surface area contributed by atoms with Crippen LogP contribution in [-0.2, 0) is 53.5 Å². The Balaban J connectivity index is 1.80. The van der Waals surface area contributed by atoms with Crippen LogP contribution in [0.4, 0.5) is 0 Å². The molecule has 0 saturated heterocycles. The molecule has 1 unspecified atom stereocenters.